The molecule has 0 bridgehead atoms. The lowest BCUT2D eigenvalue weighted by molar-refractivity contribution is -0.555. The van der Waals surface area contributed by atoms with Gasteiger partial charge in [0.05, 0.1) is 18.1 Å². The number of aliphatic imine (C=N–C) groups is 1. The van der Waals surface area contributed by atoms with Crippen molar-refractivity contribution in [2.45, 2.75) is 13.3 Å². The summed E-state index contributed by atoms with van der Waals surface area (Å²) in [6.45, 7) is 2.07. The molecule has 0 atom stereocenters. The van der Waals surface area contributed by atoms with Crippen LogP contribution in [0.5, 0.6) is 0 Å². The first kappa shape index (κ1) is 14.5. The van der Waals surface area contributed by atoms with Crippen LogP contribution in [-0.2, 0) is 6.42 Å². The number of aromatic nitrogens is 1. The normalized spacial score (nSPS) is 12.3. The highest BCUT2D eigenvalue weighted by Gasteiger charge is 2.29. The van der Waals surface area contributed by atoms with Crippen LogP contribution >= 0.6 is 0 Å². The van der Waals surface area contributed by atoms with E-state index in [2.05, 4.69) is 17.2 Å². The largest absolute Gasteiger partial charge is 0.354 e. The molecule has 1 aliphatic rings. The van der Waals surface area contributed by atoms with Crippen LogP contribution in [0.2, 0.25) is 0 Å². The lowest BCUT2D eigenvalue weighted by atomic mass is 10.1. The summed E-state index contributed by atoms with van der Waals surface area (Å²) in [5.74, 6) is 0.539. The van der Waals surface area contributed by atoms with Crippen LogP contribution in [0.4, 0.5) is 11.4 Å². The van der Waals surface area contributed by atoms with E-state index in [4.69, 9.17) is 0 Å². The minimum absolute atomic E-state index is 0.00709. The fourth-order valence-electron chi connectivity index (χ4n) is 2.40. The Bertz CT molecular complexity index is 893. The molecule has 0 aliphatic carbocycles. The van der Waals surface area contributed by atoms with Crippen molar-refractivity contribution >= 4 is 17.2 Å². The molecule has 1 N–H and O–H groups in total. The Labute approximate surface area is 134 Å². The second-order valence-corrected chi connectivity index (χ2v) is 5.02. The molecular weight excluding hydrogens is 286 g/mol. The summed E-state index contributed by atoms with van der Waals surface area (Å²) in [7, 11) is 0. The number of rotatable bonds is 1. The van der Waals surface area contributed by atoms with Crippen molar-refractivity contribution in [3.63, 3.8) is 0 Å². The highest BCUT2D eigenvalue weighted by molar-refractivity contribution is 6.02. The average molecular weight is 300 g/mol. The molecule has 2 heterocycles. The first-order valence-electron chi connectivity index (χ1n) is 7.27. The van der Waals surface area contributed by atoms with Gasteiger partial charge in [-0.05, 0) is 35.2 Å². The molecule has 1 aliphatic heterocycles. The van der Waals surface area contributed by atoms with Crippen LogP contribution in [0.1, 0.15) is 12.5 Å². The summed E-state index contributed by atoms with van der Waals surface area (Å²) < 4.78 is 1.84. The zero-order valence-electron chi connectivity index (χ0n) is 12.6. The summed E-state index contributed by atoms with van der Waals surface area (Å²) in [6, 6.07) is 15.4. The fraction of sp³-hybridized carbons (Fsp3) is 0.111. The van der Waals surface area contributed by atoms with Crippen molar-refractivity contribution in [2.75, 3.05) is 5.32 Å². The molecule has 3 rings (SSSR count). The third-order valence-corrected chi connectivity index (χ3v) is 3.60. The molecule has 0 radical (unpaired) electrons. The molecular formula is C18H14N5+. The molecule has 0 unspecified atom stereocenters. The van der Waals surface area contributed by atoms with Gasteiger partial charge in [0.2, 0.25) is 0 Å². The highest BCUT2D eigenvalue weighted by Crippen LogP contribution is 2.30. The minimum atomic E-state index is 0.00709. The number of nitrogens with one attached hydrogen (secondary N) is 1. The molecule has 0 saturated heterocycles. The van der Waals surface area contributed by atoms with Crippen LogP contribution in [0.15, 0.2) is 65.1 Å². The lowest BCUT2D eigenvalue weighted by Crippen LogP contribution is -2.46. The maximum absolute atomic E-state index is 9.26. The van der Waals surface area contributed by atoms with E-state index in [-0.39, 0.29) is 5.57 Å². The number of nitriles is 2. The van der Waals surface area contributed by atoms with Gasteiger partial charge in [0.15, 0.2) is 17.0 Å². The Hall–Kier alpha value is -3.44. The Kier molecular flexibility index (Phi) is 3.86. The predicted molar refractivity (Wildman–Crippen MR) is 86.8 cm³/mol. The van der Waals surface area contributed by atoms with Crippen molar-refractivity contribution in [2.24, 2.45) is 4.99 Å². The number of allylic oxidation sites excluding steroid dienone is 2. The molecule has 0 saturated carbocycles. The SMILES string of the molecule is CCc1ccc[n+](C2=Nc3ccccc3NC2=C(C#N)C#N)c1. The summed E-state index contributed by atoms with van der Waals surface area (Å²) in [6.07, 6.45) is 4.71. The van der Waals surface area contributed by atoms with Gasteiger partial charge in [0, 0.05) is 0 Å². The van der Waals surface area contributed by atoms with E-state index < -0.39 is 0 Å². The zero-order chi connectivity index (χ0) is 16.2. The van der Waals surface area contributed by atoms with Gasteiger partial charge in [-0.3, -0.25) is 0 Å². The summed E-state index contributed by atoms with van der Waals surface area (Å²) in [5.41, 5.74) is 3.13. The van der Waals surface area contributed by atoms with E-state index in [0.717, 1.165) is 23.4 Å². The number of aryl methyl sites for hydroxylation is 1. The maximum Gasteiger partial charge on any atom is 0.354 e. The molecule has 5 heteroatoms. The standard InChI is InChI=1S/C18H14N5/c1-2-13-6-5-9-23(12-13)18-17(14(10-19)11-20)21-15-7-3-4-8-16(15)22-18/h3-9,12,21H,2H2,1H3/q+1. The number of pyridine rings is 1. The Morgan fingerprint density at radius 2 is 1.96 bits per heavy atom. The molecule has 0 spiro atoms. The second-order valence-electron chi connectivity index (χ2n) is 5.02. The number of anilines is 1. The van der Waals surface area contributed by atoms with Crippen molar-refractivity contribution in [1.29, 1.82) is 10.5 Å². The third-order valence-electron chi connectivity index (χ3n) is 3.60. The van der Waals surface area contributed by atoms with E-state index in [1.54, 1.807) is 0 Å². The maximum atomic E-state index is 9.26. The van der Waals surface area contributed by atoms with Gasteiger partial charge >= 0.3 is 5.84 Å². The molecule has 0 fully saturated rings. The summed E-state index contributed by atoms with van der Waals surface area (Å²) >= 11 is 0. The monoisotopic (exact) mass is 300 g/mol. The molecule has 1 aromatic carbocycles. The van der Waals surface area contributed by atoms with Gasteiger partial charge < -0.3 is 5.32 Å². The van der Waals surface area contributed by atoms with Crippen LogP contribution < -0.4 is 9.88 Å². The van der Waals surface area contributed by atoms with Crippen molar-refractivity contribution in [3.05, 3.63) is 65.6 Å². The number of hydrogen-bond acceptors (Lipinski definition) is 4. The molecule has 2 aromatic rings. The zero-order valence-corrected chi connectivity index (χ0v) is 12.6. The van der Waals surface area contributed by atoms with Gasteiger partial charge in [-0.15, -0.1) is 0 Å². The highest BCUT2D eigenvalue weighted by atomic mass is 15.1. The molecule has 0 amide bonds. The fourth-order valence-corrected chi connectivity index (χ4v) is 2.40. The molecule has 23 heavy (non-hydrogen) atoms. The predicted octanol–water partition coefficient (Wildman–Crippen LogP) is 2.84. The average Bonchev–Trinajstić information content (AvgIpc) is 2.62. The van der Waals surface area contributed by atoms with Crippen LogP contribution in [0.3, 0.4) is 0 Å². The van der Waals surface area contributed by atoms with Crippen molar-refractivity contribution in [3.8, 4) is 12.1 Å². The van der Waals surface area contributed by atoms with E-state index in [0.29, 0.717) is 11.5 Å². The van der Waals surface area contributed by atoms with Crippen molar-refractivity contribution < 1.29 is 4.57 Å². The Balaban J connectivity index is 2.25. The number of fused-ring (bicyclic) bond motifs is 1. The van der Waals surface area contributed by atoms with E-state index in [1.807, 2.05) is 65.5 Å². The summed E-state index contributed by atoms with van der Waals surface area (Å²) in [5, 5.41) is 21.7. The quantitative estimate of drug-likeness (QED) is 0.650. The molecule has 110 valence electrons. The van der Waals surface area contributed by atoms with Crippen LogP contribution in [0.25, 0.3) is 0 Å². The topological polar surface area (TPSA) is 75.8 Å². The Morgan fingerprint density at radius 1 is 1.17 bits per heavy atom. The number of para-hydroxylation sites is 2. The lowest BCUT2D eigenvalue weighted by Gasteiger charge is -2.15. The number of nitrogens with zero attached hydrogens (tertiary/aromatic N) is 4. The third kappa shape index (κ3) is 2.68. The molecule has 5 nitrogen and oxygen atoms in total. The van der Waals surface area contributed by atoms with Gasteiger partial charge in [0.25, 0.3) is 0 Å². The number of benzene rings is 1. The van der Waals surface area contributed by atoms with Crippen molar-refractivity contribution in [1.82, 2.24) is 0 Å². The van der Waals surface area contributed by atoms with Gasteiger partial charge in [-0.25, -0.2) is 4.57 Å². The molecule has 1 aromatic heterocycles. The van der Waals surface area contributed by atoms with Gasteiger partial charge in [0.1, 0.15) is 12.1 Å². The first-order valence-corrected chi connectivity index (χ1v) is 7.27. The minimum Gasteiger partial charge on any atom is -0.343 e. The van der Waals surface area contributed by atoms with Crippen LogP contribution in [0, 0.1) is 22.7 Å². The Morgan fingerprint density at radius 3 is 2.70 bits per heavy atom. The van der Waals surface area contributed by atoms with Gasteiger partial charge in [-0.2, -0.15) is 10.5 Å². The van der Waals surface area contributed by atoms with Crippen LogP contribution in [-0.4, -0.2) is 5.84 Å². The number of hydrogen-bond donors (Lipinski definition) is 1. The van der Waals surface area contributed by atoms with E-state index in [9.17, 15) is 10.5 Å². The smallest absolute Gasteiger partial charge is 0.343 e. The summed E-state index contributed by atoms with van der Waals surface area (Å²) in [4.78, 5) is 4.65. The first-order chi connectivity index (χ1) is 11.3. The van der Waals surface area contributed by atoms with E-state index >= 15 is 0 Å². The van der Waals surface area contributed by atoms with E-state index in [1.165, 1.54) is 0 Å². The second kappa shape index (κ2) is 6.13. The van der Waals surface area contributed by atoms with Gasteiger partial charge in [-0.1, -0.05) is 25.1 Å².